The molecule has 2 rings (SSSR count). The molecule has 0 radical (unpaired) electrons. The van der Waals surface area contributed by atoms with E-state index < -0.39 is 71.7 Å². The Kier molecular flexibility index (Phi) is 6.64. The molecule has 0 bridgehead atoms. The highest BCUT2D eigenvalue weighted by atomic mass is 32.2. The number of nitrogens with zero attached hydrogens (tertiary/aromatic N) is 1. The summed E-state index contributed by atoms with van der Waals surface area (Å²) in [5.74, 6) is -15.1. The van der Waals surface area contributed by atoms with Gasteiger partial charge in [0.1, 0.15) is 4.91 Å². The summed E-state index contributed by atoms with van der Waals surface area (Å²) in [5, 5.41) is 11.1. The van der Waals surface area contributed by atoms with E-state index in [9.17, 15) is 45.3 Å². The minimum Gasteiger partial charge on any atom is -0.490 e. The van der Waals surface area contributed by atoms with Gasteiger partial charge < -0.3 is 10.5 Å². The number of nitro benzene ring substituents is 1. The highest BCUT2D eigenvalue weighted by Gasteiger charge is 2.30. The van der Waals surface area contributed by atoms with Crippen molar-refractivity contribution in [3.8, 4) is 5.75 Å². The number of halogens is 5. The van der Waals surface area contributed by atoms with Crippen molar-refractivity contribution in [3.05, 3.63) is 73.4 Å². The van der Waals surface area contributed by atoms with Gasteiger partial charge >= 0.3 is 5.69 Å². The maximum Gasteiger partial charge on any atom is 0.311 e. The summed E-state index contributed by atoms with van der Waals surface area (Å²) in [7, 11) is -3.73. The van der Waals surface area contributed by atoms with E-state index in [0.717, 1.165) is 25.3 Å². The van der Waals surface area contributed by atoms with E-state index >= 15 is 0 Å². The maximum absolute atomic E-state index is 13.9. The van der Waals surface area contributed by atoms with Crippen molar-refractivity contribution in [3.63, 3.8) is 0 Å². The Bertz CT molecular complexity index is 1200. The molecule has 0 aliphatic heterocycles. The quantitative estimate of drug-likeness (QED) is 0.167. The Morgan fingerprint density at radius 2 is 1.61 bits per heavy atom. The molecule has 8 nitrogen and oxygen atoms in total. The predicted molar refractivity (Wildman–Crippen MR) is 95.7 cm³/mol. The fourth-order valence-electron chi connectivity index (χ4n) is 2.46. The lowest BCUT2D eigenvalue weighted by atomic mass is 10.1. The summed E-state index contributed by atoms with van der Waals surface area (Å²) in [6, 6.07) is 2.94. The molecule has 0 heterocycles. The van der Waals surface area contributed by atoms with Crippen molar-refractivity contribution >= 4 is 27.5 Å². The van der Waals surface area contributed by atoms with Gasteiger partial charge in [-0.2, -0.15) is 0 Å². The number of ether oxygens (including phenoxy) is 1. The third-order valence-corrected chi connectivity index (χ3v) is 5.60. The number of benzene rings is 2. The van der Waals surface area contributed by atoms with Crippen LogP contribution in [0.4, 0.5) is 27.6 Å². The van der Waals surface area contributed by atoms with Crippen molar-refractivity contribution in [1.29, 1.82) is 0 Å². The normalized spacial score (nSPS) is 12.0. The first-order valence-corrected chi connectivity index (χ1v) is 9.54. The molecule has 0 atom stereocenters. The molecular formula is C17H11F5N2O6S. The molecule has 166 valence electrons. The number of primary amides is 1. The summed E-state index contributed by atoms with van der Waals surface area (Å²) >= 11 is 0. The van der Waals surface area contributed by atoms with Gasteiger partial charge in [-0.3, -0.25) is 14.9 Å². The average Bonchev–Trinajstić information content (AvgIpc) is 2.69. The Hall–Kier alpha value is -3.55. The van der Waals surface area contributed by atoms with E-state index in [4.69, 9.17) is 10.5 Å². The van der Waals surface area contributed by atoms with E-state index in [-0.39, 0.29) is 17.4 Å². The van der Waals surface area contributed by atoms with Crippen LogP contribution in [0.15, 0.2) is 23.1 Å². The predicted octanol–water partition coefficient (Wildman–Crippen LogP) is 2.74. The van der Waals surface area contributed by atoms with Crippen molar-refractivity contribution in [2.45, 2.75) is 5.75 Å². The fourth-order valence-corrected chi connectivity index (χ4v) is 3.84. The molecule has 31 heavy (non-hydrogen) atoms. The summed E-state index contributed by atoms with van der Waals surface area (Å²) in [6.07, 6.45) is -0.0914. The lowest BCUT2D eigenvalue weighted by Gasteiger charge is -2.09. The summed E-state index contributed by atoms with van der Waals surface area (Å²) in [5.41, 5.74) is 2.36. The standard InChI is InChI=1S/C17H11F5N2O6S/c1-30-10-3-2-7(4-9(10)24(26)27)6-31(28,29)11(17(23)25)5-8-12(18)14(20)16(22)15(21)13(8)19/h2-5H,6H2,1H3,(H2,23,25)/b11-5+. The molecule has 2 aromatic rings. The first-order chi connectivity index (χ1) is 14.3. The summed E-state index contributed by atoms with van der Waals surface area (Å²) in [4.78, 5) is 20.3. The van der Waals surface area contributed by atoms with Crippen LogP contribution >= 0.6 is 0 Å². The number of rotatable bonds is 7. The second-order valence-electron chi connectivity index (χ2n) is 5.88. The van der Waals surface area contributed by atoms with Crippen LogP contribution in [-0.4, -0.2) is 26.4 Å². The lowest BCUT2D eigenvalue weighted by Crippen LogP contribution is -2.22. The summed E-state index contributed by atoms with van der Waals surface area (Å²) < 4.78 is 97.5. The van der Waals surface area contributed by atoms with Crippen LogP contribution in [-0.2, 0) is 20.4 Å². The first-order valence-electron chi connectivity index (χ1n) is 7.88. The highest BCUT2D eigenvalue weighted by molar-refractivity contribution is 7.95. The molecule has 0 aliphatic rings. The average molecular weight is 466 g/mol. The number of sulfone groups is 1. The van der Waals surface area contributed by atoms with E-state index in [1.54, 1.807) is 0 Å². The smallest absolute Gasteiger partial charge is 0.311 e. The maximum atomic E-state index is 13.9. The molecular weight excluding hydrogens is 455 g/mol. The molecule has 1 amide bonds. The Morgan fingerprint density at radius 1 is 1.10 bits per heavy atom. The van der Waals surface area contributed by atoms with Crippen LogP contribution in [0, 0.1) is 39.2 Å². The van der Waals surface area contributed by atoms with Crippen LogP contribution in [0.5, 0.6) is 5.75 Å². The van der Waals surface area contributed by atoms with E-state index in [1.807, 2.05) is 0 Å². The zero-order valence-corrected chi connectivity index (χ0v) is 16.1. The molecule has 0 aromatic heterocycles. The molecule has 0 spiro atoms. The number of amides is 1. The van der Waals surface area contributed by atoms with E-state index in [0.29, 0.717) is 0 Å². The Balaban J connectivity index is 2.62. The van der Waals surface area contributed by atoms with Gasteiger partial charge in [0.05, 0.1) is 23.3 Å². The van der Waals surface area contributed by atoms with Crippen molar-refractivity contribution in [1.82, 2.24) is 0 Å². The van der Waals surface area contributed by atoms with Crippen LogP contribution in [0.2, 0.25) is 0 Å². The molecule has 0 saturated heterocycles. The molecule has 14 heteroatoms. The third-order valence-electron chi connectivity index (χ3n) is 3.89. The number of hydrogen-bond donors (Lipinski definition) is 1. The number of hydrogen-bond acceptors (Lipinski definition) is 6. The zero-order chi connectivity index (χ0) is 23.7. The first kappa shape index (κ1) is 23.7. The van der Waals surface area contributed by atoms with Crippen molar-refractivity contribution < 1.29 is 44.8 Å². The van der Waals surface area contributed by atoms with Gasteiger partial charge in [-0.25, -0.2) is 30.4 Å². The lowest BCUT2D eigenvalue weighted by molar-refractivity contribution is -0.385. The van der Waals surface area contributed by atoms with Gasteiger partial charge in [-0.15, -0.1) is 0 Å². The molecule has 2 aromatic carbocycles. The second-order valence-corrected chi connectivity index (χ2v) is 7.84. The molecule has 0 fully saturated rings. The molecule has 0 aliphatic carbocycles. The van der Waals surface area contributed by atoms with E-state index in [2.05, 4.69) is 0 Å². The van der Waals surface area contributed by atoms with Gasteiger partial charge in [0.25, 0.3) is 5.91 Å². The minimum absolute atomic E-state index is 0.0914. The zero-order valence-electron chi connectivity index (χ0n) is 15.3. The number of methoxy groups -OCH3 is 1. The Morgan fingerprint density at radius 3 is 2.06 bits per heavy atom. The number of nitrogens with two attached hydrogens (primary N) is 1. The van der Waals surface area contributed by atoms with E-state index in [1.165, 1.54) is 0 Å². The minimum atomic E-state index is -4.85. The van der Waals surface area contributed by atoms with Crippen molar-refractivity contribution in [2.75, 3.05) is 7.11 Å². The van der Waals surface area contributed by atoms with Crippen LogP contribution in [0.1, 0.15) is 11.1 Å². The number of nitro groups is 1. The molecule has 0 saturated carbocycles. The van der Waals surface area contributed by atoms with Gasteiger partial charge in [-0.05, 0) is 17.7 Å². The van der Waals surface area contributed by atoms with Gasteiger partial charge in [-0.1, -0.05) is 6.07 Å². The van der Waals surface area contributed by atoms with Crippen molar-refractivity contribution in [2.24, 2.45) is 5.73 Å². The third kappa shape index (κ3) is 4.63. The monoisotopic (exact) mass is 466 g/mol. The SMILES string of the molecule is COc1ccc(CS(=O)(=O)/C(=C/c2c(F)c(F)c(F)c(F)c2F)C(N)=O)cc1[N+](=O)[O-]. The molecule has 2 N–H and O–H groups in total. The van der Waals surface area contributed by atoms with Crippen LogP contribution in [0.3, 0.4) is 0 Å². The largest absolute Gasteiger partial charge is 0.490 e. The Labute approximate surface area is 170 Å². The van der Waals surface area contributed by atoms with Gasteiger partial charge in [0, 0.05) is 6.07 Å². The fraction of sp³-hybridized carbons (Fsp3) is 0.118. The summed E-state index contributed by atoms with van der Waals surface area (Å²) in [6.45, 7) is 0. The highest BCUT2D eigenvalue weighted by Crippen LogP contribution is 2.30. The molecule has 0 unspecified atom stereocenters. The second kappa shape index (κ2) is 8.67. The van der Waals surface area contributed by atoms with Crippen LogP contribution < -0.4 is 10.5 Å². The van der Waals surface area contributed by atoms with Gasteiger partial charge in [0.15, 0.2) is 38.9 Å². The van der Waals surface area contributed by atoms with Crippen LogP contribution in [0.25, 0.3) is 6.08 Å². The van der Waals surface area contributed by atoms with Gasteiger partial charge in [0.2, 0.25) is 5.82 Å². The number of carbonyl (C=O) groups excluding carboxylic acids is 1. The topological polar surface area (TPSA) is 130 Å². The number of carbonyl (C=O) groups is 1.